The Hall–Kier alpha value is -5.72. The van der Waals surface area contributed by atoms with Gasteiger partial charge in [0.15, 0.2) is 0 Å². The molecule has 0 radical (unpaired) electrons. The first-order valence-electron chi connectivity index (χ1n) is 16.2. The molecule has 15 nitrogen and oxygen atoms in total. The highest BCUT2D eigenvalue weighted by Crippen LogP contribution is 2.30. The number of carboxylic acids is 3. The summed E-state index contributed by atoms with van der Waals surface area (Å²) >= 11 is 0. The lowest BCUT2D eigenvalue weighted by Crippen LogP contribution is -2.47. The van der Waals surface area contributed by atoms with Gasteiger partial charge in [-0.3, -0.25) is 5.10 Å². The first-order chi connectivity index (χ1) is 26.4. The summed E-state index contributed by atoms with van der Waals surface area (Å²) in [5.74, 6) is -7.35. The van der Waals surface area contributed by atoms with Gasteiger partial charge in [0.05, 0.1) is 16.6 Å². The Morgan fingerprint density at radius 1 is 0.667 bits per heavy atom. The van der Waals surface area contributed by atoms with Gasteiger partial charge in [0.1, 0.15) is 12.1 Å². The SMILES string of the molecule is O=C(O)C(F)(F)F.O=C(O)C(F)(F)F.O=C(O)C(F)(F)F.O=S(=O)(c1cccc(N2CCN(c3ncnc4ccc(-c5cn[nH]c5)cc34)CC2)c1)N1CCCCC1. The second-order valence-corrected chi connectivity index (χ2v) is 13.7. The molecule has 2 fully saturated rings. The van der Waals surface area contributed by atoms with Gasteiger partial charge < -0.3 is 25.1 Å². The molecule has 2 aromatic carbocycles. The van der Waals surface area contributed by atoms with E-state index in [-0.39, 0.29) is 0 Å². The Kier molecular flexibility index (Phi) is 15.2. The van der Waals surface area contributed by atoms with Crippen LogP contribution in [0.2, 0.25) is 0 Å². The second kappa shape index (κ2) is 18.9. The second-order valence-electron chi connectivity index (χ2n) is 11.8. The molecule has 4 N–H and O–H groups in total. The van der Waals surface area contributed by atoms with Crippen LogP contribution in [-0.4, -0.2) is 124 Å². The quantitative estimate of drug-likeness (QED) is 0.185. The highest BCUT2D eigenvalue weighted by Gasteiger charge is 2.39. The number of aromatic nitrogens is 4. The summed E-state index contributed by atoms with van der Waals surface area (Å²) in [4.78, 5) is 40.7. The Morgan fingerprint density at radius 3 is 1.68 bits per heavy atom. The van der Waals surface area contributed by atoms with Crippen LogP contribution in [0, 0.1) is 0 Å². The molecule has 0 aliphatic carbocycles. The summed E-state index contributed by atoms with van der Waals surface area (Å²) in [7, 11) is -3.45. The molecule has 4 heterocycles. The monoisotopic (exact) mass is 845 g/mol. The van der Waals surface area contributed by atoms with Gasteiger partial charge >= 0.3 is 36.4 Å². The maximum Gasteiger partial charge on any atom is 0.490 e. The first kappa shape index (κ1) is 45.7. The number of hydrogen-bond acceptors (Lipinski definition) is 10. The van der Waals surface area contributed by atoms with Gasteiger partial charge in [-0.2, -0.15) is 48.9 Å². The van der Waals surface area contributed by atoms with E-state index in [0.717, 1.165) is 79.0 Å². The molecule has 2 aromatic heterocycles. The zero-order valence-corrected chi connectivity index (χ0v) is 29.8. The number of benzene rings is 2. The van der Waals surface area contributed by atoms with Gasteiger partial charge in [-0.25, -0.2) is 32.8 Å². The molecule has 57 heavy (non-hydrogen) atoms. The number of alkyl halides is 9. The van der Waals surface area contributed by atoms with E-state index in [1.54, 1.807) is 16.7 Å². The average molecular weight is 846 g/mol. The van der Waals surface area contributed by atoms with Crippen molar-refractivity contribution in [2.45, 2.75) is 42.7 Å². The van der Waals surface area contributed by atoms with Crippen molar-refractivity contribution in [3.63, 3.8) is 0 Å². The Bertz CT molecular complexity index is 2030. The summed E-state index contributed by atoms with van der Waals surface area (Å²) in [5, 5.41) is 29.3. The number of aromatic amines is 1. The van der Waals surface area contributed by atoms with Crippen LogP contribution in [0.15, 0.2) is 66.1 Å². The van der Waals surface area contributed by atoms with Gasteiger partial charge in [0.2, 0.25) is 10.0 Å². The highest BCUT2D eigenvalue weighted by atomic mass is 32.2. The number of piperidine rings is 1. The molecule has 0 unspecified atom stereocenters. The molecule has 2 aliphatic heterocycles. The fourth-order valence-electron chi connectivity index (χ4n) is 5.15. The van der Waals surface area contributed by atoms with Crippen molar-refractivity contribution in [3.8, 4) is 11.1 Å². The predicted octanol–water partition coefficient (Wildman–Crippen LogP) is 5.42. The van der Waals surface area contributed by atoms with E-state index in [1.807, 2.05) is 42.7 Å². The lowest BCUT2D eigenvalue weighted by molar-refractivity contribution is -0.193. The number of rotatable bonds is 5. The third-order valence-corrected chi connectivity index (χ3v) is 9.78. The summed E-state index contributed by atoms with van der Waals surface area (Å²) < 4.78 is 123. The van der Waals surface area contributed by atoms with Crippen LogP contribution in [0.3, 0.4) is 0 Å². The Balaban J connectivity index is 0.000000341. The number of carbonyl (C=O) groups is 3. The van der Waals surface area contributed by atoms with Crippen LogP contribution >= 0.6 is 0 Å². The minimum Gasteiger partial charge on any atom is -0.475 e. The van der Waals surface area contributed by atoms with Crippen molar-refractivity contribution in [1.82, 2.24) is 24.5 Å². The molecule has 0 amide bonds. The third kappa shape index (κ3) is 13.2. The van der Waals surface area contributed by atoms with Crippen molar-refractivity contribution in [2.24, 2.45) is 0 Å². The van der Waals surface area contributed by atoms with E-state index in [2.05, 4.69) is 36.0 Å². The van der Waals surface area contributed by atoms with Crippen molar-refractivity contribution >= 4 is 50.3 Å². The van der Waals surface area contributed by atoms with Crippen LogP contribution in [-0.2, 0) is 24.4 Å². The molecule has 6 rings (SSSR count). The number of anilines is 2. The highest BCUT2D eigenvalue weighted by molar-refractivity contribution is 7.89. The van der Waals surface area contributed by atoms with Gasteiger partial charge in [0.25, 0.3) is 0 Å². The normalized spacial score (nSPS) is 15.2. The zero-order valence-electron chi connectivity index (χ0n) is 29.0. The first-order valence-corrected chi connectivity index (χ1v) is 17.6. The van der Waals surface area contributed by atoms with Crippen LogP contribution in [0.5, 0.6) is 0 Å². The smallest absolute Gasteiger partial charge is 0.475 e. The number of piperazine rings is 1. The van der Waals surface area contributed by atoms with Crippen molar-refractivity contribution in [3.05, 3.63) is 61.2 Å². The number of nitrogens with zero attached hydrogens (tertiary/aromatic N) is 6. The fraction of sp³-hybridized carbons (Fsp3) is 0.375. The number of H-pyrrole nitrogens is 1. The minimum atomic E-state index is -5.08. The molecule has 0 atom stereocenters. The molecule has 312 valence electrons. The number of carboxylic acid groups (broad SMARTS) is 3. The number of halogens is 9. The molecule has 2 saturated heterocycles. The standard InChI is InChI=1S/C26H29N7O2S.3C2HF3O2/c34-36(35,33-9-2-1-3-10-33)23-6-4-5-22(16-23)31-11-13-32(14-12-31)26-24-15-20(21-17-29-30-18-21)7-8-25(24)27-19-28-26;3*3-2(4,5)1(6)7/h4-8,15-19H,1-3,9-14H2,(H,29,30);3*(H,6,7). The summed E-state index contributed by atoms with van der Waals surface area (Å²) in [6, 6.07) is 13.6. The van der Waals surface area contributed by atoms with Crippen molar-refractivity contribution in [2.75, 3.05) is 49.1 Å². The molecule has 25 heteroatoms. The lowest BCUT2D eigenvalue weighted by atomic mass is 10.1. The van der Waals surface area contributed by atoms with E-state index < -0.39 is 46.5 Å². The molecule has 2 aliphatic rings. The van der Waals surface area contributed by atoms with Crippen LogP contribution < -0.4 is 9.80 Å². The number of aliphatic carboxylic acids is 3. The predicted molar refractivity (Wildman–Crippen MR) is 182 cm³/mol. The number of nitrogens with one attached hydrogen (secondary N) is 1. The Morgan fingerprint density at radius 2 is 1.19 bits per heavy atom. The largest absolute Gasteiger partial charge is 0.490 e. The number of hydrogen-bond donors (Lipinski definition) is 4. The average Bonchev–Trinajstić information content (AvgIpc) is 3.70. The maximum absolute atomic E-state index is 13.2. The number of sulfonamides is 1. The van der Waals surface area contributed by atoms with E-state index in [1.165, 1.54) is 0 Å². The fourth-order valence-corrected chi connectivity index (χ4v) is 6.71. The maximum atomic E-state index is 13.2. The minimum absolute atomic E-state index is 0.387. The molecular formula is C32H32F9N7O8S. The van der Waals surface area contributed by atoms with E-state index in [4.69, 9.17) is 29.7 Å². The van der Waals surface area contributed by atoms with E-state index in [0.29, 0.717) is 18.0 Å². The topological polar surface area (TPSA) is 210 Å². The van der Waals surface area contributed by atoms with Crippen molar-refractivity contribution in [1.29, 1.82) is 0 Å². The van der Waals surface area contributed by atoms with Crippen LogP contribution in [0.25, 0.3) is 22.0 Å². The van der Waals surface area contributed by atoms with E-state index in [9.17, 15) is 47.9 Å². The molecule has 4 aromatic rings. The van der Waals surface area contributed by atoms with Crippen LogP contribution in [0.1, 0.15) is 19.3 Å². The van der Waals surface area contributed by atoms with Gasteiger partial charge in [0, 0.05) is 62.1 Å². The number of fused-ring (bicyclic) bond motifs is 1. The van der Waals surface area contributed by atoms with Crippen LogP contribution in [0.4, 0.5) is 51.0 Å². The third-order valence-electron chi connectivity index (χ3n) is 7.89. The molecule has 0 saturated carbocycles. The lowest BCUT2D eigenvalue weighted by Gasteiger charge is -2.37. The summed E-state index contributed by atoms with van der Waals surface area (Å²) in [5.41, 5.74) is 3.95. The molecule has 0 spiro atoms. The van der Waals surface area contributed by atoms with Gasteiger partial charge in [-0.15, -0.1) is 0 Å². The van der Waals surface area contributed by atoms with Gasteiger partial charge in [-0.1, -0.05) is 18.6 Å². The van der Waals surface area contributed by atoms with E-state index >= 15 is 0 Å². The van der Waals surface area contributed by atoms with Gasteiger partial charge in [-0.05, 0) is 48.7 Å². The van der Waals surface area contributed by atoms with Crippen molar-refractivity contribution < 1.29 is 77.6 Å². The molecular weight excluding hydrogens is 813 g/mol. The summed E-state index contributed by atoms with van der Waals surface area (Å²) in [6.45, 7) is 4.34. The zero-order chi connectivity index (χ0) is 42.8. The molecule has 0 bridgehead atoms. The Labute approximate surface area is 316 Å². The summed E-state index contributed by atoms with van der Waals surface area (Å²) in [6.07, 6.45) is -6.98.